The summed E-state index contributed by atoms with van der Waals surface area (Å²) in [4.78, 5) is 0. The zero-order valence-corrected chi connectivity index (χ0v) is 12.7. The Labute approximate surface area is 123 Å². The Balaban J connectivity index is 2.99. The van der Waals surface area contributed by atoms with Gasteiger partial charge in [0, 0.05) is 6.04 Å². The first-order valence-electron chi connectivity index (χ1n) is 7.39. The molecule has 2 atom stereocenters. The molecule has 0 aromatic heterocycles. The van der Waals surface area contributed by atoms with Gasteiger partial charge in [-0.15, -0.1) is 0 Å². The number of benzene rings is 1. The lowest BCUT2D eigenvalue weighted by Gasteiger charge is -2.23. The Morgan fingerprint density at radius 3 is 2.33 bits per heavy atom. The van der Waals surface area contributed by atoms with Crippen LogP contribution >= 0.6 is 0 Å². The molecule has 0 radical (unpaired) electrons. The van der Waals surface area contributed by atoms with Gasteiger partial charge >= 0.3 is 6.18 Å². The second-order valence-electron chi connectivity index (χ2n) is 5.49. The summed E-state index contributed by atoms with van der Waals surface area (Å²) in [6, 6.07) is 3.11. The monoisotopic (exact) mass is 305 g/mol. The summed E-state index contributed by atoms with van der Waals surface area (Å²) in [5.74, 6) is -0.780. The van der Waals surface area contributed by atoms with E-state index in [-0.39, 0.29) is 6.04 Å². The summed E-state index contributed by atoms with van der Waals surface area (Å²) < 4.78 is 51.5. The van der Waals surface area contributed by atoms with Gasteiger partial charge in [-0.1, -0.05) is 33.3 Å². The standard InChI is InChI=1S/C16H23F4N/c1-4-8-21-15(9-11(3)5-2)12-6-7-13(14(17)10-12)16(18,19)20/h6-7,10-11,15,21H,4-5,8-9H2,1-3H3. The first kappa shape index (κ1) is 18.0. The molecule has 0 heterocycles. The lowest BCUT2D eigenvalue weighted by atomic mass is 9.93. The van der Waals surface area contributed by atoms with Crippen molar-refractivity contribution >= 4 is 0 Å². The minimum atomic E-state index is -4.65. The van der Waals surface area contributed by atoms with Crippen LogP contribution in [0, 0.1) is 11.7 Å². The molecule has 0 fully saturated rings. The average molecular weight is 305 g/mol. The third-order valence-corrected chi connectivity index (χ3v) is 3.68. The largest absolute Gasteiger partial charge is 0.419 e. The van der Waals surface area contributed by atoms with Crippen LogP contribution in [0.4, 0.5) is 17.6 Å². The molecule has 1 rings (SSSR count). The van der Waals surface area contributed by atoms with Crippen molar-refractivity contribution in [2.75, 3.05) is 6.54 Å². The van der Waals surface area contributed by atoms with E-state index in [0.29, 0.717) is 11.5 Å². The zero-order chi connectivity index (χ0) is 16.0. The van der Waals surface area contributed by atoms with Crippen molar-refractivity contribution in [3.8, 4) is 0 Å². The Kier molecular flexibility index (Phi) is 6.65. The third-order valence-electron chi connectivity index (χ3n) is 3.68. The van der Waals surface area contributed by atoms with Crippen LogP contribution in [0.3, 0.4) is 0 Å². The molecule has 2 unspecified atom stereocenters. The summed E-state index contributed by atoms with van der Waals surface area (Å²) >= 11 is 0. The summed E-state index contributed by atoms with van der Waals surface area (Å²) in [7, 11) is 0. The molecule has 0 aliphatic heterocycles. The Hall–Kier alpha value is -1.10. The van der Waals surface area contributed by atoms with Gasteiger partial charge in [-0.25, -0.2) is 4.39 Å². The number of alkyl halides is 3. The summed E-state index contributed by atoms with van der Waals surface area (Å²) in [6.45, 7) is 6.92. The second kappa shape index (κ2) is 7.78. The Morgan fingerprint density at radius 2 is 1.86 bits per heavy atom. The van der Waals surface area contributed by atoms with E-state index in [1.807, 2.05) is 6.92 Å². The van der Waals surface area contributed by atoms with Gasteiger partial charge in [0.15, 0.2) is 0 Å². The van der Waals surface area contributed by atoms with Crippen LogP contribution in [-0.4, -0.2) is 6.54 Å². The van der Waals surface area contributed by atoms with Crippen LogP contribution in [0.5, 0.6) is 0 Å². The van der Waals surface area contributed by atoms with Crippen LogP contribution in [0.2, 0.25) is 0 Å². The number of rotatable bonds is 7. The molecule has 21 heavy (non-hydrogen) atoms. The lowest BCUT2D eigenvalue weighted by molar-refractivity contribution is -0.140. The normalized spacial score (nSPS) is 15.0. The van der Waals surface area contributed by atoms with Gasteiger partial charge in [-0.3, -0.25) is 0 Å². The van der Waals surface area contributed by atoms with E-state index in [2.05, 4.69) is 19.2 Å². The first-order chi connectivity index (χ1) is 9.79. The molecule has 1 aromatic rings. The molecular weight excluding hydrogens is 282 g/mol. The highest BCUT2D eigenvalue weighted by molar-refractivity contribution is 5.28. The van der Waals surface area contributed by atoms with E-state index in [0.717, 1.165) is 37.9 Å². The molecule has 5 heteroatoms. The van der Waals surface area contributed by atoms with Crippen molar-refractivity contribution in [1.29, 1.82) is 0 Å². The van der Waals surface area contributed by atoms with Crippen molar-refractivity contribution in [3.63, 3.8) is 0 Å². The number of hydrogen-bond donors (Lipinski definition) is 1. The molecule has 120 valence electrons. The summed E-state index contributed by atoms with van der Waals surface area (Å²) in [5, 5.41) is 3.29. The van der Waals surface area contributed by atoms with Gasteiger partial charge < -0.3 is 5.32 Å². The minimum Gasteiger partial charge on any atom is -0.310 e. The lowest BCUT2D eigenvalue weighted by Crippen LogP contribution is -2.24. The number of nitrogens with one attached hydrogen (secondary N) is 1. The molecule has 1 N–H and O–H groups in total. The van der Waals surface area contributed by atoms with E-state index < -0.39 is 17.6 Å². The highest BCUT2D eigenvalue weighted by Crippen LogP contribution is 2.33. The van der Waals surface area contributed by atoms with Crippen LogP contribution in [0.25, 0.3) is 0 Å². The molecule has 0 bridgehead atoms. The van der Waals surface area contributed by atoms with Gasteiger partial charge in [0.2, 0.25) is 0 Å². The quantitative estimate of drug-likeness (QED) is 0.672. The van der Waals surface area contributed by atoms with Crippen molar-refractivity contribution in [2.24, 2.45) is 5.92 Å². The molecule has 0 amide bonds. The van der Waals surface area contributed by atoms with Gasteiger partial charge in [0.05, 0.1) is 5.56 Å². The zero-order valence-electron chi connectivity index (χ0n) is 12.7. The Morgan fingerprint density at radius 1 is 1.19 bits per heavy atom. The smallest absolute Gasteiger partial charge is 0.310 e. The molecule has 0 spiro atoms. The van der Waals surface area contributed by atoms with E-state index in [4.69, 9.17) is 0 Å². The molecule has 0 saturated heterocycles. The maximum Gasteiger partial charge on any atom is 0.419 e. The van der Waals surface area contributed by atoms with Crippen LogP contribution in [-0.2, 0) is 6.18 Å². The molecule has 0 aliphatic carbocycles. The predicted octanol–water partition coefficient (Wildman–Crippen LogP) is 5.32. The van der Waals surface area contributed by atoms with Crippen molar-refractivity contribution < 1.29 is 17.6 Å². The number of hydrogen-bond acceptors (Lipinski definition) is 1. The van der Waals surface area contributed by atoms with Gasteiger partial charge in [0.1, 0.15) is 5.82 Å². The Bertz CT molecular complexity index is 442. The fourth-order valence-electron chi connectivity index (χ4n) is 2.20. The average Bonchev–Trinajstić information content (AvgIpc) is 2.41. The van der Waals surface area contributed by atoms with E-state index in [9.17, 15) is 17.6 Å². The van der Waals surface area contributed by atoms with Crippen LogP contribution in [0.1, 0.15) is 57.2 Å². The second-order valence-corrected chi connectivity index (χ2v) is 5.49. The molecule has 0 saturated carbocycles. The van der Waals surface area contributed by atoms with E-state index >= 15 is 0 Å². The van der Waals surface area contributed by atoms with Gasteiger partial charge in [0.25, 0.3) is 0 Å². The van der Waals surface area contributed by atoms with Crippen molar-refractivity contribution in [2.45, 2.75) is 52.3 Å². The van der Waals surface area contributed by atoms with E-state index in [1.54, 1.807) is 0 Å². The SMILES string of the molecule is CCCNC(CC(C)CC)c1ccc(C(F)(F)F)c(F)c1. The number of halogens is 4. The predicted molar refractivity (Wildman–Crippen MR) is 76.5 cm³/mol. The van der Waals surface area contributed by atoms with Gasteiger partial charge in [-0.2, -0.15) is 13.2 Å². The molecule has 0 aliphatic rings. The summed E-state index contributed by atoms with van der Waals surface area (Å²) in [6.07, 6.45) is -1.97. The molecule has 1 aromatic carbocycles. The summed E-state index contributed by atoms with van der Waals surface area (Å²) in [5.41, 5.74) is -0.627. The van der Waals surface area contributed by atoms with Crippen molar-refractivity contribution in [1.82, 2.24) is 5.32 Å². The first-order valence-corrected chi connectivity index (χ1v) is 7.39. The van der Waals surface area contributed by atoms with Gasteiger partial charge in [-0.05, 0) is 43.0 Å². The fourth-order valence-corrected chi connectivity index (χ4v) is 2.20. The highest BCUT2D eigenvalue weighted by atomic mass is 19.4. The molecule has 1 nitrogen and oxygen atoms in total. The minimum absolute atomic E-state index is 0.114. The van der Waals surface area contributed by atoms with Crippen LogP contribution < -0.4 is 5.32 Å². The fraction of sp³-hybridized carbons (Fsp3) is 0.625. The maximum atomic E-state index is 13.7. The molecular formula is C16H23F4N. The topological polar surface area (TPSA) is 12.0 Å². The highest BCUT2D eigenvalue weighted by Gasteiger charge is 2.34. The maximum absolute atomic E-state index is 13.7. The van der Waals surface area contributed by atoms with E-state index in [1.165, 1.54) is 6.07 Å². The van der Waals surface area contributed by atoms with Crippen LogP contribution in [0.15, 0.2) is 18.2 Å². The third kappa shape index (κ3) is 5.30. The van der Waals surface area contributed by atoms with Crippen molar-refractivity contribution in [3.05, 3.63) is 35.1 Å².